The first-order chi connectivity index (χ1) is 12.2. The van der Waals surface area contributed by atoms with Crippen molar-refractivity contribution in [3.05, 3.63) is 65.4 Å². The van der Waals surface area contributed by atoms with E-state index in [9.17, 15) is 0 Å². The average molecular weight is 357 g/mol. The molecule has 128 valence electrons. The summed E-state index contributed by atoms with van der Waals surface area (Å²) in [5.74, 6) is 2.11. The summed E-state index contributed by atoms with van der Waals surface area (Å²) in [4.78, 5) is 8.26. The predicted octanol–water partition coefficient (Wildman–Crippen LogP) is 4.13. The van der Waals surface area contributed by atoms with E-state index < -0.39 is 0 Å². The number of rotatable bonds is 6. The number of nitrogens with one attached hydrogen (secondary N) is 1. The molecule has 0 unspecified atom stereocenters. The van der Waals surface area contributed by atoms with E-state index in [0.717, 1.165) is 11.3 Å². The number of ether oxygens (including phenoxy) is 2. The van der Waals surface area contributed by atoms with Crippen LogP contribution in [0.15, 0.2) is 54.9 Å². The normalized spacial score (nSPS) is 10.3. The lowest BCUT2D eigenvalue weighted by Crippen LogP contribution is -2.07. The minimum absolute atomic E-state index is 0.279. The Kier molecular flexibility index (Phi) is 5.20. The molecule has 0 amide bonds. The molecule has 6 nitrogen and oxygen atoms in total. The number of nitrogens with zero attached hydrogens (tertiary/aromatic N) is 2. The lowest BCUT2D eigenvalue weighted by atomic mass is 10.2. The van der Waals surface area contributed by atoms with E-state index >= 15 is 0 Å². The van der Waals surface area contributed by atoms with Gasteiger partial charge in [-0.05, 0) is 35.9 Å². The quantitative estimate of drug-likeness (QED) is 0.691. The highest BCUT2D eigenvalue weighted by atomic mass is 35.5. The van der Waals surface area contributed by atoms with Crippen molar-refractivity contribution in [2.45, 2.75) is 6.54 Å². The van der Waals surface area contributed by atoms with Crippen LogP contribution in [0.4, 0.5) is 11.5 Å². The molecular weight excluding hydrogens is 340 g/mol. The van der Waals surface area contributed by atoms with Crippen molar-refractivity contribution in [1.82, 2.24) is 9.97 Å². The third-order valence-corrected chi connectivity index (χ3v) is 3.89. The van der Waals surface area contributed by atoms with Gasteiger partial charge in [0.2, 0.25) is 5.88 Å². The maximum atomic E-state index is 6.15. The first-order valence-corrected chi connectivity index (χ1v) is 7.95. The summed E-state index contributed by atoms with van der Waals surface area (Å²) in [6.45, 7) is 0.489. The molecule has 1 heterocycles. The van der Waals surface area contributed by atoms with Gasteiger partial charge in [0.1, 0.15) is 23.5 Å². The fourth-order valence-corrected chi connectivity index (χ4v) is 2.38. The molecule has 0 saturated heterocycles. The number of benzene rings is 2. The third-order valence-electron chi connectivity index (χ3n) is 3.53. The summed E-state index contributed by atoms with van der Waals surface area (Å²) in [5.41, 5.74) is 7.39. The van der Waals surface area contributed by atoms with Crippen LogP contribution in [0, 0.1) is 0 Å². The number of anilines is 2. The van der Waals surface area contributed by atoms with Crippen molar-refractivity contribution in [2.75, 3.05) is 18.2 Å². The molecular formula is C18H17ClN4O2. The molecule has 0 aliphatic heterocycles. The van der Waals surface area contributed by atoms with Crippen LogP contribution in [-0.4, -0.2) is 17.1 Å². The lowest BCUT2D eigenvalue weighted by molar-refractivity contribution is 0.412. The summed E-state index contributed by atoms with van der Waals surface area (Å²) >= 11 is 6.15. The molecule has 0 radical (unpaired) electrons. The standard InChI is InChI=1S/C18H17ClN4O2/c1-24-13-6-8-14(9-7-13)25-18-16(20)17(22-11-23-18)21-10-12-4-2-3-5-15(12)19/h2-9,11H,10,20H2,1H3,(H,21,22,23). The molecule has 25 heavy (non-hydrogen) atoms. The van der Waals surface area contributed by atoms with Crippen molar-refractivity contribution in [1.29, 1.82) is 0 Å². The lowest BCUT2D eigenvalue weighted by Gasteiger charge is -2.12. The van der Waals surface area contributed by atoms with Crippen LogP contribution in [-0.2, 0) is 6.54 Å². The Hall–Kier alpha value is -2.99. The highest BCUT2D eigenvalue weighted by Crippen LogP contribution is 2.30. The zero-order valence-electron chi connectivity index (χ0n) is 13.6. The Morgan fingerprint density at radius 1 is 1.04 bits per heavy atom. The largest absolute Gasteiger partial charge is 0.497 e. The van der Waals surface area contributed by atoms with Gasteiger partial charge < -0.3 is 20.5 Å². The van der Waals surface area contributed by atoms with Gasteiger partial charge in [-0.1, -0.05) is 29.8 Å². The first-order valence-electron chi connectivity index (χ1n) is 7.57. The van der Waals surface area contributed by atoms with Crippen LogP contribution in [0.25, 0.3) is 0 Å². The smallest absolute Gasteiger partial charge is 0.248 e. The Labute approximate surface area is 150 Å². The van der Waals surface area contributed by atoms with Crippen LogP contribution in [0.5, 0.6) is 17.4 Å². The molecule has 0 atom stereocenters. The van der Waals surface area contributed by atoms with Crippen molar-refractivity contribution in [3.8, 4) is 17.4 Å². The van der Waals surface area contributed by atoms with Crippen molar-refractivity contribution in [2.24, 2.45) is 0 Å². The maximum absolute atomic E-state index is 6.15. The molecule has 0 spiro atoms. The highest BCUT2D eigenvalue weighted by molar-refractivity contribution is 6.31. The van der Waals surface area contributed by atoms with Gasteiger partial charge in [-0.25, -0.2) is 4.98 Å². The van der Waals surface area contributed by atoms with Gasteiger partial charge in [0.05, 0.1) is 7.11 Å². The number of aromatic nitrogens is 2. The van der Waals surface area contributed by atoms with Gasteiger partial charge >= 0.3 is 0 Å². The Morgan fingerprint density at radius 3 is 2.48 bits per heavy atom. The summed E-state index contributed by atoms with van der Waals surface area (Å²) in [5, 5.41) is 3.83. The van der Waals surface area contributed by atoms with Gasteiger partial charge in [0.25, 0.3) is 0 Å². The van der Waals surface area contributed by atoms with E-state index in [1.807, 2.05) is 24.3 Å². The zero-order chi connectivity index (χ0) is 17.6. The minimum Gasteiger partial charge on any atom is -0.497 e. The molecule has 0 aliphatic carbocycles. The Balaban J connectivity index is 1.74. The van der Waals surface area contributed by atoms with Gasteiger partial charge in [-0.2, -0.15) is 4.98 Å². The van der Waals surface area contributed by atoms with Crippen LogP contribution < -0.4 is 20.5 Å². The van der Waals surface area contributed by atoms with Crippen LogP contribution in [0.3, 0.4) is 0 Å². The van der Waals surface area contributed by atoms with Crippen LogP contribution >= 0.6 is 11.6 Å². The van der Waals surface area contributed by atoms with Crippen LogP contribution in [0.2, 0.25) is 5.02 Å². The fraction of sp³-hybridized carbons (Fsp3) is 0.111. The molecule has 0 aliphatic rings. The molecule has 7 heteroatoms. The number of nitrogen functional groups attached to an aromatic ring is 1. The Morgan fingerprint density at radius 2 is 1.76 bits per heavy atom. The zero-order valence-corrected chi connectivity index (χ0v) is 14.3. The number of nitrogens with two attached hydrogens (primary N) is 1. The molecule has 1 aromatic heterocycles. The Bertz CT molecular complexity index is 856. The van der Waals surface area contributed by atoms with Crippen LogP contribution in [0.1, 0.15) is 5.56 Å². The highest BCUT2D eigenvalue weighted by Gasteiger charge is 2.11. The topological polar surface area (TPSA) is 82.3 Å². The molecule has 3 aromatic rings. The average Bonchev–Trinajstić information content (AvgIpc) is 2.64. The fourth-order valence-electron chi connectivity index (χ4n) is 2.18. The first kappa shape index (κ1) is 16.9. The summed E-state index contributed by atoms with van der Waals surface area (Å²) in [6, 6.07) is 14.7. The molecule has 0 bridgehead atoms. The van der Waals surface area contributed by atoms with Crippen molar-refractivity contribution >= 4 is 23.1 Å². The second kappa shape index (κ2) is 7.72. The van der Waals surface area contributed by atoms with Crippen molar-refractivity contribution in [3.63, 3.8) is 0 Å². The summed E-state index contributed by atoms with van der Waals surface area (Å²) in [7, 11) is 1.61. The van der Waals surface area contributed by atoms with E-state index in [1.54, 1.807) is 31.4 Å². The molecule has 0 saturated carbocycles. The third kappa shape index (κ3) is 4.10. The SMILES string of the molecule is COc1ccc(Oc2ncnc(NCc3ccccc3Cl)c2N)cc1. The van der Waals surface area contributed by atoms with Crippen molar-refractivity contribution < 1.29 is 9.47 Å². The second-order valence-electron chi connectivity index (χ2n) is 5.16. The van der Waals surface area contributed by atoms with Gasteiger partial charge in [-0.3, -0.25) is 0 Å². The molecule has 3 N–H and O–H groups in total. The van der Waals surface area contributed by atoms with Gasteiger partial charge in [0, 0.05) is 11.6 Å². The van der Waals surface area contributed by atoms with E-state index in [1.165, 1.54) is 6.33 Å². The van der Waals surface area contributed by atoms with E-state index in [4.69, 9.17) is 26.8 Å². The van der Waals surface area contributed by atoms with E-state index in [2.05, 4.69) is 15.3 Å². The minimum atomic E-state index is 0.279. The van der Waals surface area contributed by atoms with E-state index in [-0.39, 0.29) is 5.88 Å². The van der Waals surface area contributed by atoms with Gasteiger partial charge in [0.15, 0.2) is 5.82 Å². The molecule has 2 aromatic carbocycles. The second-order valence-corrected chi connectivity index (χ2v) is 5.57. The predicted molar refractivity (Wildman–Crippen MR) is 98.3 cm³/mol. The maximum Gasteiger partial charge on any atom is 0.248 e. The van der Waals surface area contributed by atoms with Gasteiger partial charge in [-0.15, -0.1) is 0 Å². The summed E-state index contributed by atoms with van der Waals surface area (Å²) in [6.07, 6.45) is 1.39. The van der Waals surface area contributed by atoms with E-state index in [0.29, 0.717) is 28.8 Å². The number of methoxy groups -OCH3 is 1. The molecule has 3 rings (SSSR count). The summed E-state index contributed by atoms with van der Waals surface area (Å²) < 4.78 is 10.8. The number of halogens is 1. The molecule has 0 fully saturated rings. The number of hydrogen-bond acceptors (Lipinski definition) is 6. The monoisotopic (exact) mass is 356 g/mol. The number of hydrogen-bond donors (Lipinski definition) is 2.